The van der Waals surface area contributed by atoms with Gasteiger partial charge in [-0.15, -0.1) is 11.6 Å². The quantitative estimate of drug-likeness (QED) is 0.754. The molecule has 0 amide bonds. The van der Waals surface area contributed by atoms with E-state index in [4.69, 9.17) is 39.5 Å². The second-order valence-electron chi connectivity index (χ2n) is 4.33. The topological polar surface area (TPSA) is 9.23 Å². The maximum absolute atomic E-state index is 6.17. The number of hydrogen-bond donors (Lipinski definition) is 0. The minimum Gasteiger partial charge on any atom is -0.381 e. The highest BCUT2D eigenvalue weighted by Crippen LogP contribution is 2.37. The molecule has 1 atom stereocenters. The lowest BCUT2D eigenvalue weighted by Crippen LogP contribution is -2.26. The number of alkyl halides is 1. The lowest BCUT2D eigenvalue weighted by molar-refractivity contribution is 0.161. The number of hydrogen-bond acceptors (Lipinski definition) is 1. The van der Waals surface area contributed by atoms with Crippen LogP contribution in [0.15, 0.2) is 18.2 Å². The van der Waals surface area contributed by atoms with Crippen molar-refractivity contribution in [3.05, 3.63) is 33.8 Å². The Bertz CT molecular complexity index is 373. The zero-order valence-corrected chi connectivity index (χ0v) is 11.1. The van der Waals surface area contributed by atoms with Crippen molar-refractivity contribution in [2.24, 2.45) is 5.41 Å². The van der Waals surface area contributed by atoms with Gasteiger partial charge in [-0.25, -0.2) is 0 Å². The maximum atomic E-state index is 6.17. The van der Waals surface area contributed by atoms with Crippen LogP contribution in [0.4, 0.5) is 0 Å². The molecular weight excluding hydrogens is 266 g/mol. The Hall–Kier alpha value is 0.0500. The Labute approximate surface area is 111 Å². The summed E-state index contributed by atoms with van der Waals surface area (Å²) in [6, 6.07) is 5.72. The van der Waals surface area contributed by atoms with E-state index in [1.807, 2.05) is 12.1 Å². The van der Waals surface area contributed by atoms with Crippen LogP contribution in [0.25, 0.3) is 0 Å². The third kappa shape index (κ3) is 2.48. The van der Waals surface area contributed by atoms with Gasteiger partial charge in [-0.1, -0.05) is 35.3 Å². The largest absolute Gasteiger partial charge is 0.381 e. The molecule has 1 aliphatic rings. The standard InChI is InChI=1S/C12H13Cl3O/c13-7-12(4-5-16-8-12)6-9-2-1-3-10(14)11(9)15/h1-3H,4-8H2. The van der Waals surface area contributed by atoms with Crippen LogP contribution in [0.3, 0.4) is 0 Å². The van der Waals surface area contributed by atoms with E-state index in [-0.39, 0.29) is 5.41 Å². The van der Waals surface area contributed by atoms with E-state index in [1.165, 1.54) is 0 Å². The van der Waals surface area contributed by atoms with Crippen LogP contribution in [0.1, 0.15) is 12.0 Å². The number of halogens is 3. The van der Waals surface area contributed by atoms with E-state index in [1.54, 1.807) is 6.07 Å². The van der Waals surface area contributed by atoms with Gasteiger partial charge in [-0.2, -0.15) is 0 Å². The lowest BCUT2D eigenvalue weighted by atomic mass is 9.83. The van der Waals surface area contributed by atoms with Crippen LogP contribution < -0.4 is 0 Å². The normalized spacial score (nSPS) is 24.9. The third-order valence-electron chi connectivity index (χ3n) is 3.07. The maximum Gasteiger partial charge on any atom is 0.0624 e. The Morgan fingerprint density at radius 1 is 1.31 bits per heavy atom. The van der Waals surface area contributed by atoms with Crippen LogP contribution in [0, 0.1) is 5.41 Å². The summed E-state index contributed by atoms with van der Waals surface area (Å²) in [6.07, 6.45) is 1.81. The fourth-order valence-corrected chi connectivity index (χ4v) is 2.72. The molecule has 88 valence electrons. The Balaban J connectivity index is 2.22. The van der Waals surface area contributed by atoms with E-state index in [2.05, 4.69) is 0 Å². The van der Waals surface area contributed by atoms with Crippen molar-refractivity contribution in [3.63, 3.8) is 0 Å². The number of benzene rings is 1. The predicted molar refractivity (Wildman–Crippen MR) is 68.8 cm³/mol. The van der Waals surface area contributed by atoms with Gasteiger partial charge in [0.15, 0.2) is 0 Å². The summed E-state index contributed by atoms with van der Waals surface area (Å²) >= 11 is 18.2. The van der Waals surface area contributed by atoms with E-state index in [0.717, 1.165) is 25.0 Å². The molecule has 2 rings (SSSR count). The highest BCUT2D eigenvalue weighted by Gasteiger charge is 2.34. The fraction of sp³-hybridized carbons (Fsp3) is 0.500. The van der Waals surface area contributed by atoms with Crippen molar-refractivity contribution in [3.8, 4) is 0 Å². The molecular formula is C12H13Cl3O. The summed E-state index contributed by atoms with van der Waals surface area (Å²) in [5.74, 6) is 0.593. The first-order valence-electron chi connectivity index (χ1n) is 5.23. The Kier molecular flexibility index (Phi) is 4.01. The monoisotopic (exact) mass is 278 g/mol. The van der Waals surface area contributed by atoms with Gasteiger partial charge in [0.2, 0.25) is 0 Å². The molecule has 0 N–H and O–H groups in total. The molecule has 4 heteroatoms. The van der Waals surface area contributed by atoms with Crippen LogP contribution in [0.5, 0.6) is 0 Å². The van der Waals surface area contributed by atoms with Gasteiger partial charge >= 0.3 is 0 Å². The summed E-state index contributed by atoms with van der Waals surface area (Å²) in [7, 11) is 0. The summed E-state index contributed by atoms with van der Waals surface area (Å²) in [4.78, 5) is 0. The van der Waals surface area contributed by atoms with Gasteiger partial charge in [0.1, 0.15) is 0 Å². The van der Waals surface area contributed by atoms with Gasteiger partial charge in [0.05, 0.1) is 16.7 Å². The van der Waals surface area contributed by atoms with Crippen LogP contribution in [-0.4, -0.2) is 19.1 Å². The molecule has 16 heavy (non-hydrogen) atoms. The Morgan fingerprint density at radius 2 is 2.12 bits per heavy atom. The average Bonchev–Trinajstić information content (AvgIpc) is 2.74. The smallest absolute Gasteiger partial charge is 0.0624 e. The van der Waals surface area contributed by atoms with E-state index < -0.39 is 0 Å². The number of ether oxygens (including phenoxy) is 1. The zero-order chi connectivity index (χ0) is 11.6. The van der Waals surface area contributed by atoms with Crippen molar-refractivity contribution in [2.45, 2.75) is 12.8 Å². The van der Waals surface area contributed by atoms with Gasteiger partial charge in [-0.05, 0) is 24.5 Å². The zero-order valence-electron chi connectivity index (χ0n) is 8.81. The molecule has 1 heterocycles. The minimum atomic E-state index is 0.0237. The summed E-state index contributed by atoms with van der Waals surface area (Å²) in [5, 5.41) is 1.24. The second-order valence-corrected chi connectivity index (χ2v) is 5.38. The van der Waals surface area contributed by atoms with Crippen LogP contribution in [0.2, 0.25) is 10.0 Å². The van der Waals surface area contributed by atoms with Crippen molar-refractivity contribution >= 4 is 34.8 Å². The lowest BCUT2D eigenvalue weighted by Gasteiger charge is -2.25. The van der Waals surface area contributed by atoms with Gasteiger partial charge in [0, 0.05) is 17.9 Å². The molecule has 0 bridgehead atoms. The molecule has 0 saturated carbocycles. The van der Waals surface area contributed by atoms with E-state index in [0.29, 0.717) is 22.5 Å². The SMILES string of the molecule is ClCC1(Cc2cccc(Cl)c2Cl)CCOC1. The van der Waals surface area contributed by atoms with Gasteiger partial charge in [-0.3, -0.25) is 0 Å². The third-order valence-corrected chi connectivity index (χ3v) is 4.49. The molecule has 1 aromatic carbocycles. The van der Waals surface area contributed by atoms with Crippen LogP contribution in [-0.2, 0) is 11.2 Å². The molecule has 1 nitrogen and oxygen atoms in total. The summed E-state index contributed by atoms with van der Waals surface area (Å²) in [6.45, 7) is 1.49. The molecule has 0 spiro atoms. The first-order valence-corrected chi connectivity index (χ1v) is 6.52. The number of rotatable bonds is 3. The molecule has 1 aliphatic heterocycles. The Morgan fingerprint density at radius 3 is 2.75 bits per heavy atom. The molecule has 1 unspecified atom stereocenters. The summed E-state index contributed by atoms with van der Waals surface area (Å²) in [5.41, 5.74) is 1.08. The first-order chi connectivity index (χ1) is 7.67. The predicted octanol–water partition coefficient (Wildman–Crippen LogP) is 4.18. The fourth-order valence-electron chi connectivity index (χ4n) is 2.03. The van der Waals surface area contributed by atoms with Crippen molar-refractivity contribution in [1.82, 2.24) is 0 Å². The molecule has 0 aromatic heterocycles. The highest BCUT2D eigenvalue weighted by molar-refractivity contribution is 6.42. The molecule has 1 aromatic rings. The van der Waals surface area contributed by atoms with Crippen molar-refractivity contribution < 1.29 is 4.74 Å². The van der Waals surface area contributed by atoms with E-state index >= 15 is 0 Å². The average molecular weight is 280 g/mol. The molecule has 1 fully saturated rings. The van der Waals surface area contributed by atoms with Gasteiger partial charge in [0.25, 0.3) is 0 Å². The van der Waals surface area contributed by atoms with Gasteiger partial charge < -0.3 is 4.74 Å². The minimum absolute atomic E-state index is 0.0237. The highest BCUT2D eigenvalue weighted by atomic mass is 35.5. The molecule has 1 saturated heterocycles. The molecule has 0 aliphatic carbocycles. The first kappa shape index (κ1) is 12.5. The summed E-state index contributed by atoms with van der Waals surface area (Å²) < 4.78 is 5.43. The van der Waals surface area contributed by atoms with Crippen molar-refractivity contribution in [2.75, 3.05) is 19.1 Å². The second kappa shape index (κ2) is 5.14. The van der Waals surface area contributed by atoms with Crippen LogP contribution >= 0.6 is 34.8 Å². The van der Waals surface area contributed by atoms with E-state index in [9.17, 15) is 0 Å². The van der Waals surface area contributed by atoms with Crippen molar-refractivity contribution in [1.29, 1.82) is 0 Å². The molecule has 0 radical (unpaired) electrons.